The van der Waals surface area contributed by atoms with Gasteiger partial charge in [-0.25, -0.2) is 0 Å². The zero-order valence-corrected chi connectivity index (χ0v) is 24.3. The molecule has 0 atom stereocenters. The number of phenolic OH excluding ortho intramolecular Hbond substituents is 1. The van der Waals surface area contributed by atoms with E-state index in [1.54, 1.807) is 12.1 Å². The van der Waals surface area contributed by atoms with E-state index in [0.717, 1.165) is 65.8 Å². The number of allylic oxidation sites excluding steroid dienone is 1. The molecule has 0 amide bonds. The summed E-state index contributed by atoms with van der Waals surface area (Å²) in [5.74, 6) is 0.720. The SMILES string of the molecule is CCCC(CCC)C(=O)O.CN(C)CCOc1ccc(/C(=C(/CCl)c2ccccc2)c2ccc(O)cc2)cc1. The monoisotopic (exact) mass is 551 g/mol. The molecule has 0 heterocycles. The van der Waals surface area contributed by atoms with Crippen LogP contribution in [-0.4, -0.2) is 54.2 Å². The van der Waals surface area contributed by atoms with Crippen molar-refractivity contribution in [3.8, 4) is 11.5 Å². The number of carboxylic acid groups (broad SMARTS) is 1. The van der Waals surface area contributed by atoms with E-state index in [1.165, 1.54) is 0 Å². The third-order valence-electron chi connectivity index (χ3n) is 6.29. The summed E-state index contributed by atoms with van der Waals surface area (Å²) >= 11 is 6.42. The van der Waals surface area contributed by atoms with E-state index in [2.05, 4.69) is 29.2 Å². The number of ether oxygens (including phenoxy) is 1. The number of rotatable bonds is 13. The molecule has 0 saturated heterocycles. The second kappa shape index (κ2) is 17.3. The predicted molar refractivity (Wildman–Crippen MR) is 163 cm³/mol. The van der Waals surface area contributed by atoms with Crippen molar-refractivity contribution in [3.63, 3.8) is 0 Å². The lowest BCUT2D eigenvalue weighted by molar-refractivity contribution is -0.142. The number of alkyl halides is 1. The molecule has 0 fully saturated rings. The normalized spacial score (nSPS) is 11.6. The molecule has 39 heavy (non-hydrogen) atoms. The van der Waals surface area contributed by atoms with Gasteiger partial charge in [-0.1, -0.05) is 81.3 Å². The number of hydrogen-bond donors (Lipinski definition) is 2. The largest absolute Gasteiger partial charge is 0.508 e. The van der Waals surface area contributed by atoms with Crippen molar-refractivity contribution >= 4 is 28.7 Å². The Balaban J connectivity index is 0.000000455. The van der Waals surface area contributed by atoms with Gasteiger partial charge in [0.15, 0.2) is 0 Å². The Bertz CT molecular complexity index is 1140. The first kappa shape index (κ1) is 31.9. The minimum absolute atomic E-state index is 0.102. The van der Waals surface area contributed by atoms with Crippen LogP contribution < -0.4 is 4.74 Å². The maximum absolute atomic E-state index is 10.5. The van der Waals surface area contributed by atoms with Gasteiger partial charge in [-0.15, -0.1) is 11.6 Å². The van der Waals surface area contributed by atoms with Crippen LogP contribution in [0.5, 0.6) is 11.5 Å². The van der Waals surface area contributed by atoms with Crippen molar-refractivity contribution in [2.24, 2.45) is 5.92 Å². The van der Waals surface area contributed by atoms with E-state index in [1.807, 2.05) is 70.4 Å². The molecule has 2 N–H and O–H groups in total. The molecule has 3 rings (SSSR count). The summed E-state index contributed by atoms with van der Waals surface area (Å²) in [7, 11) is 4.05. The van der Waals surface area contributed by atoms with E-state index in [9.17, 15) is 9.90 Å². The molecule has 0 aliphatic rings. The second-order valence-corrected chi connectivity index (χ2v) is 9.96. The Morgan fingerprint density at radius 1 is 0.846 bits per heavy atom. The molecule has 3 aromatic carbocycles. The minimum Gasteiger partial charge on any atom is -0.508 e. The number of halogens is 1. The van der Waals surface area contributed by atoms with Gasteiger partial charge < -0.3 is 19.8 Å². The Morgan fingerprint density at radius 2 is 1.38 bits per heavy atom. The highest BCUT2D eigenvalue weighted by Crippen LogP contribution is 2.34. The number of aliphatic carboxylic acids is 1. The molecule has 3 aromatic rings. The summed E-state index contributed by atoms with van der Waals surface area (Å²) in [4.78, 5) is 12.6. The van der Waals surface area contributed by atoms with Gasteiger partial charge in [0.2, 0.25) is 0 Å². The molecule has 0 saturated carbocycles. The standard InChI is InChI=1S/C25H26ClNO2.C8H16O2/c1-27(2)16-17-29-23-14-10-21(11-15-23)25(20-8-12-22(28)13-9-20)24(18-26)19-6-4-3-5-7-19;1-3-5-7(6-4-2)8(9)10/h3-15,28H,16-18H2,1-2H3;7H,3-6H2,1-2H3,(H,9,10)/b25-24-;. The second-order valence-electron chi connectivity index (χ2n) is 9.69. The zero-order chi connectivity index (χ0) is 28.6. The van der Waals surface area contributed by atoms with Crippen LogP contribution in [0.25, 0.3) is 11.1 Å². The topological polar surface area (TPSA) is 70.0 Å². The van der Waals surface area contributed by atoms with Crippen molar-refractivity contribution in [1.82, 2.24) is 4.90 Å². The van der Waals surface area contributed by atoms with Crippen LogP contribution in [-0.2, 0) is 4.79 Å². The highest BCUT2D eigenvalue weighted by Gasteiger charge is 2.15. The van der Waals surface area contributed by atoms with E-state index >= 15 is 0 Å². The summed E-state index contributed by atoms with van der Waals surface area (Å²) in [5.41, 5.74) is 5.22. The molecule has 0 aliphatic heterocycles. The summed E-state index contributed by atoms with van der Waals surface area (Å²) in [5, 5.41) is 18.4. The van der Waals surface area contributed by atoms with Gasteiger partial charge in [-0.3, -0.25) is 4.79 Å². The lowest BCUT2D eigenvalue weighted by atomic mass is 9.90. The molecule has 0 aliphatic carbocycles. The third kappa shape index (κ3) is 10.8. The first-order valence-electron chi connectivity index (χ1n) is 13.5. The van der Waals surface area contributed by atoms with Crippen LogP contribution in [0.15, 0.2) is 78.9 Å². The van der Waals surface area contributed by atoms with Crippen LogP contribution in [0.1, 0.15) is 56.2 Å². The lowest BCUT2D eigenvalue weighted by Gasteiger charge is -2.16. The summed E-state index contributed by atoms with van der Waals surface area (Å²) < 4.78 is 5.83. The smallest absolute Gasteiger partial charge is 0.306 e. The molecule has 0 bridgehead atoms. The average Bonchev–Trinajstić information content (AvgIpc) is 2.93. The summed E-state index contributed by atoms with van der Waals surface area (Å²) in [6.07, 6.45) is 3.58. The van der Waals surface area contributed by atoms with Crippen LogP contribution in [0.3, 0.4) is 0 Å². The molecule has 5 nitrogen and oxygen atoms in total. The van der Waals surface area contributed by atoms with Crippen LogP contribution in [0, 0.1) is 5.92 Å². The zero-order valence-electron chi connectivity index (χ0n) is 23.6. The van der Waals surface area contributed by atoms with E-state index in [-0.39, 0.29) is 11.7 Å². The summed E-state index contributed by atoms with van der Waals surface area (Å²) in [6, 6.07) is 25.5. The van der Waals surface area contributed by atoms with E-state index in [0.29, 0.717) is 12.5 Å². The van der Waals surface area contributed by atoms with Gasteiger partial charge in [-0.2, -0.15) is 0 Å². The van der Waals surface area contributed by atoms with Crippen LogP contribution in [0.4, 0.5) is 0 Å². The predicted octanol–water partition coefficient (Wildman–Crippen LogP) is 7.82. The Kier molecular flexibility index (Phi) is 14.2. The number of likely N-dealkylation sites (N-methyl/N-ethyl adjacent to an activating group) is 1. The summed E-state index contributed by atoms with van der Waals surface area (Å²) in [6.45, 7) is 5.55. The molecular weight excluding hydrogens is 510 g/mol. The fourth-order valence-corrected chi connectivity index (χ4v) is 4.51. The first-order chi connectivity index (χ1) is 18.8. The van der Waals surface area contributed by atoms with Crippen LogP contribution >= 0.6 is 11.6 Å². The highest BCUT2D eigenvalue weighted by atomic mass is 35.5. The minimum atomic E-state index is -0.635. The van der Waals surface area contributed by atoms with Crippen molar-refractivity contribution in [1.29, 1.82) is 0 Å². The van der Waals surface area contributed by atoms with E-state index in [4.69, 9.17) is 21.4 Å². The quantitative estimate of drug-likeness (QED) is 0.167. The Hall–Kier alpha value is -3.28. The number of aromatic hydroxyl groups is 1. The van der Waals surface area contributed by atoms with Crippen molar-refractivity contribution in [2.45, 2.75) is 39.5 Å². The van der Waals surface area contributed by atoms with Crippen molar-refractivity contribution in [3.05, 3.63) is 95.6 Å². The van der Waals surface area contributed by atoms with Gasteiger partial charge >= 0.3 is 5.97 Å². The van der Waals surface area contributed by atoms with Crippen molar-refractivity contribution in [2.75, 3.05) is 33.1 Å². The highest BCUT2D eigenvalue weighted by molar-refractivity contribution is 6.25. The maximum atomic E-state index is 10.5. The molecular formula is C33H42ClNO4. The third-order valence-corrected chi connectivity index (χ3v) is 6.55. The number of carbonyl (C=O) groups is 1. The molecule has 6 heteroatoms. The number of benzene rings is 3. The van der Waals surface area contributed by atoms with Gasteiger partial charge in [0.25, 0.3) is 0 Å². The fourth-order valence-electron chi connectivity index (χ4n) is 4.22. The first-order valence-corrected chi connectivity index (χ1v) is 14.1. The Labute approximate surface area is 238 Å². The van der Waals surface area contributed by atoms with Gasteiger partial charge in [-0.05, 0) is 79.0 Å². The van der Waals surface area contributed by atoms with Crippen molar-refractivity contribution < 1.29 is 19.7 Å². The number of hydrogen-bond acceptors (Lipinski definition) is 4. The number of nitrogens with zero attached hydrogens (tertiary/aromatic N) is 1. The molecule has 0 radical (unpaired) electrons. The number of carboxylic acids is 1. The molecule has 0 spiro atoms. The van der Waals surface area contributed by atoms with Gasteiger partial charge in [0, 0.05) is 12.4 Å². The maximum Gasteiger partial charge on any atom is 0.306 e. The molecule has 0 aromatic heterocycles. The number of phenols is 1. The Morgan fingerprint density at radius 3 is 1.85 bits per heavy atom. The fraction of sp³-hybridized carbons (Fsp3) is 0.364. The van der Waals surface area contributed by atoms with Gasteiger partial charge in [0.05, 0.1) is 5.92 Å². The average molecular weight is 552 g/mol. The lowest BCUT2D eigenvalue weighted by Crippen LogP contribution is -2.19. The van der Waals surface area contributed by atoms with Gasteiger partial charge in [0.1, 0.15) is 18.1 Å². The van der Waals surface area contributed by atoms with Crippen LogP contribution in [0.2, 0.25) is 0 Å². The molecule has 0 unspecified atom stereocenters. The van der Waals surface area contributed by atoms with E-state index < -0.39 is 5.97 Å². The molecule has 210 valence electrons.